The second kappa shape index (κ2) is 9.15. The highest BCUT2D eigenvalue weighted by molar-refractivity contribution is 6.14. The van der Waals surface area contributed by atoms with Gasteiger partial charge in [0.25, 0.3) is 5.69 Å². The topological polar surface area (TPSA) is 68.9 Å². The van der Waals surface area contributed by atoms with Crippen molar-refractivity contribution in [2.45, 2.75) is 0 Å². The summed E-state index contributed by atoms with van der Waals surface area (Å²) in [7, 11) is 0. The molecule has 0 unspecified atom stereocenters. The molecule has 0 bridgehead atoms. The highest BCUT2D eigenvalue weighted by atomic mass is 16.6. The smallest absolute Gasteiger partial charge is 0.258 e. The number of pyridine rings is 2. The number of non-ortho nitro benzene ring substituents is 1. The van der Waals surface area contributed by atoms with Crippen LogP contribution in [-0.4, -0.2) is 14.9 Å². The molecule has 0 saturated carbocycles. The van der Waals surface area contributed by atoms with E-state index in [1.165, 1.54) is 0 Å². The maximum absolute atomic E-state index is 11.3. The van der Waals surface area contributed by atoms with E-state index in [0.29, 0.717) is 0 Å². The quantitative estimate of drug-likeness (QED) is 0.137. The first-order valence-electron chi connectivity index (χ1n) is 12.7. The van der Waals surface area contributed by atoms with E-state index in [4.69, 9.17) is 9.97 Å². The van der Waals surface area contributed by atoms with E-state index in [1.807, 2.05) is 66.7 Å². The Morgan fingerprint density at radius 3 is 1.92 bits per heavy atom. The number of hydrogen-bond donors (Lipinski definition) is 0. The Labute approximate surface area is 224 Å². The Hall–Kier alpha value is -5.42. The van der Waals surface area contributed by atoms with Crippen molar-refractivity contribution in [1.29, 1.82) is 0 Å². The van der Waals surface area contributed by atoms with Crippen LogP contribution in [0.5, 0.6) is 0 Å². The second-order valence-corrected chi connectivity index (χ2v) is 9.48. The lowest BCUT2D eigenvalue weighted by Gasteiger charge is -2.14. The van der Waals surface area contributed by atoms with Crippen molar-refractivity contribution in [3.8, 4) is 33.6 Å². The first kappa shape index (κ1) is 22.8. The number of aromatic nitrogens is 2. The number of nitro benzene ring substituents is 1. The third kappa shape index (κ3) is 3.97. The van der Waals surface area contributed by atoms with Gasteiger partial charge in [-0.25, -0.2) is 9.97 Å². The minimum absolute atomic E-state index is 0.0610. The molecule has 0 N–H and O–H groups in total. The van der Waals surface area contributed by atoms with Crippen LogP contribution in [0.4, 0.5) is 5.69 Å². The highest BCUT2D eigenvalue weighted by Crippen LogP contribution is 2.38. The van der Waals surface area contributed by atoms with Gasteiger partial charge in [0, 0.05) is 22.9 Å². The molecule has 0 saturated heterocycles. The molecular weight excluding hydrogens is 482 g/mol. The number of benzene rings is 5. The third-order valence-electron chi connectivity index (χ3n) is 7.15. The van der Waals surface area contributed by atoms with Crippen molar-refractivity contribution in [2.24, 2.45) is 0 Å². The van der Waals surface area contributed by atoms with Crippen molar-refractivity contribution in [3.63, 3.8) is 0 Å². The van der Waals surface area contributed by atoms with E-state index in [-0.39, 0.29) is 10.6 Å². The van der Waals surface area contributed by atoms with Gasteiger partial charge in [-0.15, -0.1) is 0 Å². The van der Waals surface area contributed by atoms with E-state index in [0.717, 1.165) is 66.2 Å². The van der Waals surface area contributed by atoms with Gasteiger partial charge < -0.3 is 0 Å². The van der Waals surface area contributed by atoms with Crippen LogP contribution in [0.1, 0.15) is 0 Å². The first-order valence-corrected chi connectivity index (χ1v) is 12.7. The molecule has 0 spiro atoms. The molecule has 0 atom stereocenters. The predicted molar refractivity (Wildman–Crippen MR) is 158 cm³/mol. The van der Waals surface area contributed by atoms with Gasteiger partial charge in [0.2, 0.25) is 0 Å². The lowest BCUT2D eigenvalue weighted by atomic mass is 9.94. The summed E-state index contributed by atoms with van der Waals surface area (Å²) < 4.78 is 0. The monoisotopic (exact) mass is 503 g/mol. The van der Waals surface area contributed by atoms with Crippen LogP contribution >= 0.6 is 0 Å². The average molecular weight is 504 g/mol. The van der Waals surface area contributed by atoms with Gasteiger partial charge in [-0.1, -0.05) is 78.9 Å². The molecule has 5 heteroatoms. The van der Waals surface area contributed by atoms with E-state index >= 15 is 0 Å². The van der Waals surface area contributed by atoms with Crippen LogP contribution < -0.4 is 0 Å². The first-order chi connectivity index (χ1) is 19.2. The van der Waals surface area contributed by atoms with Crippen LogP contribution in [0.2, 0.25) is 0 Å². The lowest BCUT2D eigenvalue weighted by Crippen LogP contribution is -1.95. The minimum atomic E-state index is -0.376. The van der Waals surface area contributed by atoms with Crippen LogP contribution in [0.25, 0.3) is 66.2 Å². The second-order valence-electron chi connectivity index (χ2n) is 9.48. The molecule has 0 aliphatic rings. The van der Waals surface area contributed by atoms with Crippen molar-refractivity contribution in [1.82, 2.24) is 9.97 Å². The molecular formula is C34H21N3O2. The Balaban J connectivity index is 1.53. The van der Waals surface area contributed by atoms with Crippen LogP contribution in [0, 0.1) is 10.1 Å². The highest BCUT2D eigenvalue weighted by Gasteiger charge is 2.16. The zero-order chi connectivity index (χ0) is 26.3. The Morgan fingerprint density at radius 1 is 0.538 bits per heavy atom. The van der Waals surface area contributed by atoms with E-state index in [2.05, 4.69) is 48.5 Å². The fourth-order valence-electron chi connectivity index (χ4n) is 5.29. The molecule has 2 aromatic heterocycles. The lowest BCUT2D eigenvalue weighted by molar-refractivity contribution is -0.384. The van der Waals surface area contributed by atoms with Crippen LogP contribution in [-0.2, 0) is 0 Å². The number of nitro groups is 1. The molecule has 184 valence electrons. The molecule has 5 aromatic carbocycles. The van der Waals surface area contributed by atoms with Crippen molar-refractivity contribution >= 4 is 38.3 Å². The summed E-state index contributed by atoms with van der Waals surface area (Å²) in [5, 5.41) is 15.6. The SMILES string of the molecule is O=[N+]([O-])c1ccc(-c2cc(-c3cc(-c4ccccc4)c4ccccc4n3)nc3ccc4ccccc4c23)cc1. The van der Waals surface area contributed by atoms with Gasteiger partial charge in [0.15, 0.2) is 0 Å². The average Bonchev–Trinajstić information content (AvgIpc) is 3.00. The number of hydrogen-bond acceptors (Lipinski definition) is 4. The van der Waals surface area contributed by atoms with Crippen molar-refractivity contribution in [2.75, 3.05) is 0 Å². The summed E-state index contributed by atoms with van der Waals surface area (Å²) in [5.74, 6) is 0. The maximum Gasteiger partial charge on any atom is 0.269 e. The predicted octanol–water partition coefficient (Wildman–Crippen LogP) is 8.85. The molecule has 0 aliphatic heterocycles. The number of fused-ring (bicyclic) bond motifs is 4. The van der Waals surface area contributed by atoms with Gasteiger partial charge in [0.1, 0.15) is 0 Å². The molecule has 0 amide bonds. The van der Waals surface area contributed by atoms with Gasteiger partial charge >= 0.3 is 0 Å². The summed E-state index contributed by atoms with van der Waals surface area (Å²) in [4.78, 5) is 21.1. The van der Waals surface area contributed by atoms with Crippen LogP contribution in [0.15, 0.2) is 127 Å². The number of para-hydroxylation sites is 1. The standard InChI is InChI=1S/C34H21N3O2/c38-37(39)25-17-14-24(15-18-25)29-21-33(36-31-19-16-23-10-4-5-11-26(23)34(29)31)32-20-28(22-8-2-1-3-9-22)27-12-6-7-13-30(27)35-32/h1-21H. The van der Waals surface area contributed by atoms with E-state index in [9.17, 15) is 10.1 Å². The number of nitrogens with zero attached hydrogens (tertiary/aromatic N) is 3. The fraction of sp³-hybridized carbons (Fsp3) is 0. The van der Waals surface area contributed by atoms with E-state index < -0.39 is 0 Å². The Bertz CT molecular complexity index is 2040. The third-order valence-corrected chi connectivity index (χ3v) is 7.15. The summed E-state index contributed by atoms with van der Waals surface area (Å²) in [6.07, 6.45) is 0. The molecule has 0 aliphatic carbocycles. The molecule has 7 aromatic rings. The normalized spacial score (nSPS) is 11.3. The summed E-state index contributed by atoms with van der Waals surface area (Å²) in [6.45, 7) is 0. The zero-order valence-corrected chi connectivity index (χ0v) is 20.8. The fourth-order valence-corrected chi connectivity index (χ4v) is 5.29. The number of rotatable bonds is 4. The Kier molecular flexibility index (Phi) is 5.34. The van der Waals surface area contributed by atoms with Gasteiger partial charge in [-0.2, -0.15) is 0 Å². The van der Waals surface area contributed by atoms with Crippen LogP contribution in [0.3, 0.4) is 0 Å². The molecule has 2 heterocycles. The van der Waals surface area contributed by atoms with Crippen molar-refractivity contribution < 1.29 is 4.92 Å². The summed E-state index contributed by atoms with van der Waals surface area (Å²) in [5.41, 5.74) is 7.36. The van der Waals surface area contributed by atoms with E-state index in [1.54, 1.807) is 12.1 Å². The van der Waals surface area contributed by atoms with Gasteiger partial charge in [-0.3, -0.25) is 10.1 Å². The molecule has 0 fully saturated rings. The maximum atomic E-state index is 11.3. The molecule has 39 heavy (non-hydrogen) atoms. The molecule has 0 radical (unpaired) electrons. The zero-order valence-electron chi connectivity index (χ0n) is 20.8. The largest absolute Gasteiger partial charge is 0.269 e. The molecule has 5 nitrogen and oxygen atoms in total. The van der Waals surface area contributed by atoms with Gasteiger partial charge in [0.05, 0.1) is 27.3 Å². The van der Waals surface area contributed by atoms with Gasteiger partial charge in [-0.05, 0) is 69.4 Å². The molecule has 7 rings (SSSR count). The summed E-state index contributed by atoms with van der Waals surface area (Å²) >= 11 is 0. The van der Waals surface area contributed by atoms with Crippen molar-refractivity contribution in [3.05, 3.63) is 138 Å². The Morgan fingerprint density at radius 2 is 1.15 bits per heavy atom. The minimum Gasteiger partial charge on any atom is -0.258 e. The summed E-state index contributed by atoms with van der Waals surface area (Å²) in [6, 6.07) is 41.7.